The van der Waals surface area contributed by atoms with E-state index in [1.54, 1.807) is 13.1 Å². The third-order valence-electron chi connectivity index (χ3n) is 4.53. The number of ether oxygens (including phenoxy) is 1. The number of benzene rings is 1. The van der Waals surface area contributed by atoms with Crippen molar-refractivity contribution in [2.75, 3.05) is 26.0 Å². The summed E-state index contributed by atoms with van der Waals surface area (Å²) in [6.07, 6.45) is 0. The Bertz CT molecular complexity index is 923. The molecule has 0 bridgehead atoms. The SMILES string of the molecule is COc1c(F)cccc1NC(=O)[C@H]1C(=S)N(C)C[C@@H]1c1nn(C)c(Cl)c1Br. The van der Waals surface area contributed by atoms with Crippen LogP contribution in [-0.4, -0.2) is 46.3 Å². The Morgan fingerprint density at radius 1 is 1.48 bits per heavy atom. The van der Waals surface area contributed by atoms with Crippen LogP contribution in [0.25, 0.3) is 0 Å². The summed E-state index contributed by atoms with van der Waals surface area (Å²) in [4.78, 5) is 15.4. The predicted octanol–water partition coefficient (Wildman–Crippen LogP) is 3.60. The molecule has 0 unspecified atom stereocenters. The van der Waals surface area contributed by atoms with E-state index in [1.807, 2.05) is 11.9 Å². The number of para-hydroxylation sites is 1. The second-order valence-corrected chi connectivity index (χ2v) is 7.80. The van der Waals surface area contributed by atoms with Crippen LogP contribution >= 0.6 is 39.7 Å². The molecule has 1 aromatic heterocycles. The van der Waals surface area contributed by atoms with Crippen LogP contribution in [0, 0.1) is 11.7 Å². The summed E-state index contributed by atoms with van der Waals surface area (Å²) in [6.45, 7) is 0.517. The monoisotopic (exact) mass is 474 g/mol. The Labute approximate surface area is 174 Å². The molecular weight excluding hydrogens is 459 g/mol. The number of halogens is 3. The minimum Gasteiger partial charge on any atom is -0.492 e. The number of rotatable bonds is 4. The number of aromatic nitrogens is 2. The normalized spacial score (nSPS) is 19.5. The molecular formula is C17H17BrClFN4O2S. The smallest absolute Gasteiger partial charge is 0.235 e. The summed E-state index contributed by atoms with van der Waals surface area (Å²) >= 11 is 15.1. The van der Waals surface area contributed by atoms with Crippen molar-refractivity contribution in [3.63, 3.8) is 0 Å². The van der Waals surface area contributed by atoms with Crippen molar-refractivity contribution in [1.82, 2.24) is 14.7 Å². The van der Waals surface area contributed by atoms with Gasteiger partial charge in [0.15, 0.2) is 11.6 Å². The van der Waals surface area contributed by atoms with Crippen molar-refractivity contribution in [2.24, 2.45) is 13.0 Å². The first-order valence-corrected chi connectivity index (χ1v) is 9.60. The highest BCUT2D eigenvalue weighted by Gasteiger charge is 2.44. The number of thiocarbonyl (C=S) groups is 1. The Hall–Kier alpha value is -1.71. The summed E-state index contributed by atoms with van der Waals surface area (Å²) in [5, 5.41) is 7.61. The Kier molecular flexibility index (Phi) is 5.73. The van der Waals surface area contributed by atoms with Crippen LogP contribution < -0.4 is 10.1 Å². The molecule has 27 heavy (non-hydrogen) atoms. The van der Waals surface area contributed by atoms with Crippen molar-refractivity contribution in [3.05, 3.63) is 39.3 Å². The maximum Gasteiger partial charge on any atom is 0.235 e. The molecule has 0 radical (unpaired) electrons. The average Bonchev–Trinajstić information content (AvgIpc) is 3.06. The highest BCUT2D eigenvalue weighted by molar-refractivity contribution is 9.10. The Balaban J connectivity index is 1.95. The van der Waals surface area contributed by atoms with Gasteiger partial charge in [-0.2, -0.15) is 5.10 Å². The summed E-state index contributed by atoms with van der Waals surface area (Å²) < 4.78 is 21.1. The Morgan fingerprint density at radius 3 is 2.78 bits per heavy atom. The van der Waals surface area contributed by atoms with Crippen LogP contribution in [0.15, 0.2) is 22.7 Å². The van der Waals surface area contributed by atoms with Gasteiger partial charge in [0.25, 0.3) is 0 Å². The van der Waals surface area contributed by atoms with Crippen LogP contribution in [0.3, 0.4) is 0 Å². The zero-order chi connectivity index (χ0) is 19.9. The number of carbonyl (C=O) groups excluding carboxylic acids is 1. The predicted molar refractivity (Wildman–Crippen MR) is 109 cm³/mol. The molecule has 1 N–H and O–H groups in total. The fraction of sp³-hybridized carbons (Fsp3) is 0.353. The minimum atomic E-state index is -0.653. The van der Waals surface area contributed by atoms with Gasteiger partial charge in [0.1, 0.15) is 5.15 Å². The van der Waals surface area contributed by atoms with Gasteiger partial charge in [-0.3, -0.25) is 9.48 Å². The van der Waals surface area contributed by atoms with E-state index in [2.05, 4.69) is 26.3 Å². The number of hydrogen-bond acceptors (Lipinski definition) is 4. The zero-order valence-corrected chi connectivity index (χ0v) is 18.0. The molecule has 2 heterocycles. The highest BCUT2D eigenvalue weighted by Crippen LogP contribution is 2.40. The number of nitrogens with zero attached hydrogens (tertiary/aromatic N) is 3. The molecule has 144 valence electrons. The van der Waals surface area contributed by atoms with E-state index in [4.69, 9.17) is 28.6 Å². The third-order valence-corrected chi connectivity index (χ3v) is 6.54. The highest BCUT2D eigenvalue weighted by atomic mass is 79.9. The second-order valence-electron chi connectivity index (χ2n) is 6.23. The number of anilines is 1. The molecule has 0 aliphatic carbocycles. The lowest BCUT2D eigenvalue weighted by atomic mass is 9.92. The van der Waals surface area contributed by atoms with Crippen molar-refractivity contribution in [3.8, 4) is 5.75 Å². The minimum absolute atomic E-state index is 0.0262. The van der Waals surface area contributed by atoms with Gasteiger partial charge < -0.3 is 15.0 Å². The van der Waals surface area contributed by atoms with Gasteiger partial charge in [-0.25, -0.2) is 4.39 Å². The molecule has 1 aliphatic rings. The van der Waals surface area contributed by atoms with Crippen molar-refractivity contribution >= 4 is 56.3 Å². The molecule has 2 atom stereocenters. The summed E-state index contributed by atoms with van der Waals surface area (Å²) in [6, 6.07) is 4.33. The lowest BCUT2D eigenvalue weighted by molar-refractivity contribution is -0.118. The molecule has 3 rings (SSSR count). The van der Waals surface area contributed by atoms with Crippen LogP contribution in [-0.2, 0) is 11.8 Å². The van der Waals surface area contributed by atoms with E-state index in [1.165, 1.54) is 23.9 Å². The number of hydrogen-bond donors (Lipinski definition) is 1. The Morgan fingerprint density at radius 2 is 2.19 bits per heavy atom. The van der Waals surface area contributed by atoms with E-state index in [-0.39, 0.29) is 23.3 Å². The van der Waals surface area contributed by atoms with Crippen LogP contribution in [0.5, 0.6) is 5.75 Å². The first kappa shape index (κ1) is 20.0. The van der Waals surface area contributed by atoms with Crippen molar-refractivity contribution in [1.29, 1.82) is 0 Å². The molecule has 1 saturated heterocycles. The number of methoxy groups -OCH3 is 1. The first-order valence-electron chi connectivity index (χ1n) is 8.02. The first-order chi connectivity index (χ1) is 12.8. The maximum atomic E-state index is 13.9. The molecule has 10 heteroatoms. The van der Waals surface area contributed by atoms with E-state index >= 15 is 0 Å². The molecule has 1 aromatic carbocycles. The van der Waals surface area contributed by atoms with E-state index in [9.17, 15) is 9.18 Å². The number of carbonyl (C=O) groups is 1. The lowest BCUT2D eigenvalue weighted by Crippen LogP contribution is -2.32. The molecule has 1 aliphatic heterocycles. The fourth-order valence-corrected chi connectivity index (χ4v) is 4.31. The van der Waals surface area contributed by atoms with Crippen LogP contribution in [0.2, 0.25) is 5.15 Å². The number of nitrogens with one attached hydrogen (secondary N) is 1. The summed E-state index contributed by atoms with van der Waals surface area (Å²) in [5.41, 5.74) is 0.900. The topological polar surface area (TPSA) is 59.4 Å². The molecule has 1 amide bonds. The molecule has 2 aromatic rings. The van der Waals surface area contributed by atoms with Gasteiger partial charge in [-0.1, -0.05) is 29.9 Å². The van der Waals surface area contributed by atoms with Gasteiger partial charge >= 0.3 is 0 Å². The quantitative estimate of drug-likeness (QED) is 0.685. The average molecular weight is 476 g/mol. The number of likely N-dealkylation sites (N-methyl/N-ethyl adjacent to an activating group) is 1. The summed E-state index contributed by atoms with van der Waals surface area (Å²) in [5.74, 6) is -1.89. The van der Waals surface area contributed by atoms with Gasteiger partial charge in [-0.05, 0) is 28.1 Å². The molecule has 6 nitrogen and oxygen atoms in total. The summed E-state index contributed by atoms with van der Waals surface area (Å²) in [7, 11) is 4.89. The molecule has 0 spiro atoms. The fourth-order valence-electron chi connectivity index (χ4n) is 3.20. The van der Waals surface area contributed by atoms with Crippen LogP contribution in [0.1, 0.15) is 11.6 Å². The number of likely N-dealkylation sites (tertiary alicyclic amines) is 1. The van der Waals surface area contributed by atoms with E-state index in [0.717, 1.165) is 0 Å². The maximum absolute atomic E-state index is 13.9. The van der Waals surface area contributed by atoms with E-state index < -0.39 is 11.7 Å². The van der Waals surface area contributed by atoms with Gasteiger partial charge in [0.2, 0.25) is 5.91 Å². The van der Waals surface area contributed by atoms with Gasteiger partial charge in [0, 0.05) is 26.6 Å². The number of amides is 1. The van der Waals surface area contributed by atoms with Crippen molar-refractivity contribution < 1.29 is 13.9 Å². The standard InChI is InChI=1S/C17H17BrClFN4O2S/c1-23-7-8(13-12(18)15(19)24(2)22-13)11(17(23)27)16(25)21-10-6-4-5-9(20)14(10)26-3/h4-6,8,11H,7H2,1-3H3,(H,21,25)/t8-,11-/m0/s1. The largest absolute Gasteiger partial charge is 0.492 e. The van der Waals surface area contributed by atoms with Crippen LogP contribution in [0.4, 0.5) is 10.1 Å². The van der Waals surface area contributed by atoms with E-state index in [0.29, 0.717) is 26.9 Å². The second kappa shape index (κ2) is 7.73. The molecule has 1 fully saturated rings. The lowest BCUT2D eigenvalue weighted by Gasteiger charge is -2.18. The van der Waals surface area contributed by atoms with Gasteiger partial charge in [0.05, 0.1) is 33.9 Å². The zero-order valence-electron chi connectivity index (χ0n) is 14.8. The van der Waals surface area contributed by atoms with Gasteiger partial charge in [-0.15, -0.1) is 0 Å². The van der Waals surface area contributed by atoms with Crippen molar-refractivity contribution in [2.45, 2.75) is 5.92 Å². The molecule has 0 saturated carbocycles. The number of aryl methyl sites for hydroxylation is 1. The third kappa shape index (κ3) is 3.55.